The summed E-state index contributed by atoms with van der Waals surface area (Å²) in [5, 5.41) is 17.6. The number of methoxy groups -OCH3 is 1. The van der Waals surface area contributed by atoms with E-state index in [1.807, 2.05) is 0 Å². The normalized spacial score (nSPS) is 13.8. The molecule has 0 aliphatic rings. The van der Waals surface area contributed by atoms with E-state index in [-0.39, 0.29) is 0 Å². The molecule has 4 nitrogen and oxygen atoms in total. The van der Waals surface area contributed by atoms with Crippen molar-refractivity contribution < 1.29 is 14.3 Å². The Labute approximate surface area is 70.1 Å². The number of allylic oxidation sites excluding steroid dienone is 2. The number of nitrogens with zero attached hydrogens (tertiary/aromatic N) is 1. The number of rotatable bonds is 4. The number of hydroxylamine groups is 2. The predicted octanol–water partition coefficient (Wildman–Crippen LogP) is 1.58. The first-order chi connectivity index (χ1) is 5.60. The lowest BCUT2D eigenvalue weighted by molar-refractivity contribution is -0.0353. The summed E-state index contributed by atoms with van der Waals surface area (Å²) in [7, 11) is 1.38. The van der Waals surface area contributed by atoms with Crippen LogP contribution in [0.1, 0.15) is 6.92 Å². The Morgan fingerprint density at radius 1 is 1.75 bits per heavy atom. The minimum Gasteiger partial charge on any atom is -0.762 e. The Morgan fingerprint density at radius 3 is 2.67 bits per heavy atom. The van der Waals surface area contributed by atoms with Crippen molar-refractivity contribution in [2.24, 2.45) is 0 Å². The van der Waals surface area contributed by atoms with E-state index < -0.39 is 17.6 Å². The van der Waals surface area contributed by atoms with Crippen molar-refractivity contribution >= 4 is 0 Å². The molecule has 5 heteroatoms. The summed E-state index contributed by atoms with van der Waals surface area (Å²) >= 11 is 0. The third-order valence-corrected chi connectivity index (χ3v) is 1.11. The molecule has 0 bridgehead atoms. The zero-order valence-corrected chi connectivity index (χ0v) is 6.95. The molecular weight excluding hydrogens is 165 g/mol. The van der Waals surface area contributed by atoms with Crippen LogP contribution < -0.4 is 0 Å². The summed E-state index contributed by atoms with van der Waals surface area (Å²) in [6.45, 7) is 0.969. The fraction of sp³-hybridized carbons (Fsp3) is 0.429. The van der Waals surface area contributed by atoms with E-state index in [1.165, 1.54) is 13.2 Å². The van der Waals surface area contributed by atoms with Gasteiger partial charge in [0.1, 0.15) is 11.6 Å². The highest BCUT2D eigenvalue weighted by atomic mass is 19.1. The highest BCUT2D eigenvalue weighted by Gasteiger charge is 1.96. The van der Waals surface area contributed by atoms with Crippen LogP contribution in [0.5, 0.6) is 0 Å². The van der Waals surface area contributed by atoms with Crippen molar-refractivity contribution in [1.29, 1.82) is 0 Å². The lowest BCUT2D eigenvalue weighted by Gasteiger charge is -2.17. The van der Waals surface area contributed by atoms with Crippen molar-refractivity contribution in [2.75, 3.05) is 13.7 Å². The lowest BCUT2D eigenvalue weighted by Crippen LogP contribution is -2.12. The van der Waals surface area contributed by atoms with Crippen molar-refractivity contribution in [2.45, 2.75) is 6.92 Å². The molecule has 70 valence electrons. The molecule has 0 fully saturated rings. The Bertz CT molecular complexity index is 189. The lowest BCUT2D eigenvalue weighted by atomic mass is 10.4. The summed E-state index contributed by atoms with van der Waals surface area (Å²) in [6.07, 6.45) is 2.56. The Hall–Kier alpha value is -0.910. The average molecular weight is 176 g/mol. The Kier molecular flexibility index (Phi) is 5.27. The molecule has 1 N–H and O–H groups in total. The fourth-order valence-electron chi connectivity index (χ4n) is 0.589. The molecule has 0 aromatic carbocycles. The number of hydrogen-bond donors (Lipinski definition) is 1. The molecule has 0 aromatic rings. The van der Waals surface area contributed by atoms with Crippen molar-refractivity contribution in [3.05, 3.63) is 28.9 Å². The molecule has 0 unspecified atom stereocenters. The van der Waals surface area contributed by atoms with Gasteiger partial charge < -0.3 is 15.2 Å². The van der Waals surface area contributed by atoms with Gasteiger partial charge in [-0.2, -0.15) is 0 Å². The minimum absolute atomic E-state index is 0.300. The molecular formula is C7H11FNO3-. The Morgan fingerprint density at radius 2 is 2.33 bits per heavy atom. The van der Waals surface area contributed by atoms with Gasteiger partial charge in [-0.3, -0.25) is 5.23 Å². The molecule has 0 saturated carbocycles. The van der Waals surface area contributed by atoms with Gasteiger partial charge in [0.15, 0.2) is 0 Å². The molecule has 0 radical (unpaired) electrons. The van der Waals surface area contributed by atoms with Crippen molar-refractivity contribution in [3.63, 3.8) is 0 Å². The van der Waals surface area contributed by atoms with Gasteiger partial charge in [0.05, 0.1) is 13.7 Å². The van der Waals surface area contributed by atoms with E-state index in [9.17, 15) is 9.60 Å². The van der Waals surface area contributed by atoms with Gasteiger partial charge in [0.25, 0.3) is 0 Å². The van der Waals surface area contributed by atoms with E-state index in [0.29, 0.717) is 5.76 Å². The SMILES string of the molecule is C/C=C(\C=C(\F)CN([O-])O)OC. The zero-order valence-electron chi connectivity index (χ0n) is 6.95. The third-order valence-electron chi connectivity index (χ3n) is 1.11. The minimum atomic E-state index is -0.762. The highest BCUT2D eigenvalue weighted by Crippen LogP contribution is 2.05. The molecule has 0 aromatic heterocycles. The standard InChI is InChI=1S/C7H11FNO3/c1-3-7(12-2)4-6(8)5-9(10)11/h3-4,10H,5H2,1-2H3/q-1/b6-4+,7-3+. The quantitative estimate of drug-likeness (QED) is 0.401. The molecule has 0 heterocycles. The molecule has 0 amide bonds. The predicted molar refractivity (Wildman–Crippen MR) is 41.8 cm³/mol. The van der Waals surface area contributed by atoms with Crippen LogP contribution in [-0.2, 0) is 4.74 Å². The van der Waals surface area contributed by atoms with Crippen LogP contribution in [0, 0.1) is 5.21 Å². The van der Waals surface area contributed by atoms with Gasteiger partial charge in [-0.1, -0.05) is 0 Å². The van der Waals surface area contributed by atoms with E-state index >= 15 is 0 Å². The monoisotopic (exact) mass is 176 g/mol. The van der Waals surface area contributed by atoms with Crippen LogP contribution in [0.3, 0.4) is 0 Å². The number of halogens is 1. The Balaban J connectivity index is 4.14. The van der Waals surface area contributed by atoms with E-state index in [0.717, 1.165) is 6.08 Å². The molecule has 0 aliphatic heterocycles. The van der Waals surface area contributed by atoms with Crippen LogP contribution in [0.2, 0.25) is 0 Å². The molecule has 12 heavy (non-hydrogen) atoms. The highest BCUT2D eigenvalue weighted by molar-refractivity contribution is 5.14. The molecule has 0 rings (SSSR count). The fourth-order valence-corrected chi connectivity index (χ4v) is 0.589. The summed E-state index contributed by atoms with van der Waals surface area (Å²) in [4.78, 5) is 0. The third kappa shape index (κ3) is 4.84. The summed E-state index contributed by atoms with van der Waals surface area (Å²) in [6, 6.07) is 0. The van der Waals surface area contributed by atoms with Gasteiger partial charge in [0.2, 0.25) is 0 Å². The van der Waals surface area contributed by atoms with Crippen LogP contribution in [-0.4, -0.2) is 24.1 Å². The van der Waals surface area contributed by atoms with Crippen LogP contribution >= 0.6 is 0 Å². The zero-order chi connectivity index (χ0) is 9.56. The van der Waals surface area contributed by atoms with Crippen LogP contribution in [0.25, 0.3) is 0 Å². The summed E-state index contributed by atoms with van der Waals surface area (Å²) in [5.41, 5.74) is 0. The molecule has 0 aliphatic carbocycles. The second-order valence-electron chi connectivity index (χ2n) is 2.00. The first kappa shape index (κ1) is 11.1. The van der Waals surface area contributed by atoms with E-state index in [1.54, 1.807) is 6.92 Å². The van der Waals surface area contributed by atoms with Gasteiger partial charge in [-0.25, -0.2) is 4.39 Å². The van der Waals surface area contributed by atoms with Gasteiger partial charge >= 0.3 is 0 Å². The summed E-state index contributed by atoms with van der Waals surface area (Å²) in [5.74, 6) is -0.461. The van der Waals surface area contributed by atoms with Gasteiger partial charge in [-0.05, 0) is 13.0 Å². The smallest absolute Gasteiger partial charge is 0.119 e. The number of hydrogen-bond acceptors (Lipinski definition) is 4. The maximum Gasteiger partial charge on any atom is 0.119 e. The van der Waals surface area contributed by atoms with Crippen LogP contribution in [0.4, 0.5) is 4.39 Å². The molecule has 0 saturated heterocycles. The second-order valence-corrected chi connectivity index (χ2v) is 2.00. The maximum atomic E-state index is 12.6. The first-order valence-electron chi connectivity index (χ1n) is 3.30. The van der Waals surface area contributed by atoms with Gasteiger partial charge in [0, 0.05) is 6.08 Å². The van der Waals surface area contributed by atoms with Gasteiger partial charge in [-0.15, -0.1) is 0 Å². The number of ether oxygens (including phenoxy) is 1. The first-order valence-corrected chi connectivity index (χ1v) is 3.30. The van der Waals surface area contributed by atoms with E-state index in [2.05, 4.69) is 0 Å². The van der Waals surface area contributed by atoms with Crippen LogP contribution in [0.15, 0.2) is 23.7 Å². The topological polar surface area (TPSA) is 55.8 Å². The molecule has 0 spiro atoms. The van der Waals surface area contributed by atoms with Crippen molar-refractivity contribution in [1.82, 2.24) is 5.23 Å². The summed E-state index contributed by atoms with van der Waals surface area (Å²) < 4.78 is 17.3. The van der Waals surface area contributed by atoms with E-state index in [4.69, 9.17) is 9.94 Å². The second kappa shape index (κ2) is 5.70. The average Bonchev–Trinajstić information content (AvgIpc) is 1.98. The van der Waals surface area contributed by atoms with Crippen molar-refractivity contribution in [3.8, 4) is 0 Å². The largest absolute Gasteiger partial charge is 0.762 e. The molecule has 0 atom stereocenters. The maximum absolute atomic E-state index is 12.6.